The minimum Gasteiger partial charge on any atom is -0.444 e. The second kappa shape index (κ2) is 9.90. The van der Waals surface area contributed by atoms with Crippen LogP contribution in [0.4, 0.5) is 4.79 Å². The molecule has 1 aliphatic heterocycles. The molecule has 7 heteroatoms. The van der Waals surface area contributed by atoms with Crippen LogP contribution in [0.1, 0.15) is 70.8 Å². The molecule has 2 fully saturated rings. The SMILES string of the molecule is CC(C)(C)OC(=O)N1CCC(CO[C@H]2CC[C@@H](c3ccc(S(C)(=O)=O)cc3)CC2)CC1. The van der Waals surface area contributed by atoms with Crippen molar-refractivity contribution in [1.82, 2.24) is 4.90 Å². The molecule has 0 unspecified atom stereocenters. The number of likely N-dealkylation sites (tertiary alicyclic amines) is 1. The molecule has 1 heterocycles. The molecule has 0 bridgehead atoms. The Bertz CT molecular complexity index is 828. The normalized spacial score (nSPS) is 23.5. The summed E-state index contributed by atoms with van der Waals surface area (Å²) in [6.07, 6.45) is 7.46. The van der Waals surface area contributed by atoms with Crippen molar-refractivity contribution in [3.8, 4) is 0 Å². The molecular formula is C24H37NO5S. The summed E-state index contributed by atoms with van der Waals surface area (Å²) in [6, 6.07) is 7.36. The largest absolute Gasteiger partial charge is 0.444 e. The fourth-order valence-electron chi connectivity index (χ4n) is 4.43. The topological polar surface area (TPSA) is 72.9 Å². The molecule has 1 aliphatic carbocycles. The van der Waals surface area contributed by atoms with Gasteiger partial charge < -0.3 is 14.4 Å². The van der Waals surface area contributed by atoms with Gasteiger partial charge in [-0.3, -0.25) is 0 Å². The summed E-state index contributed by atoms with van der Waals surface area (Å²) in [7, 11) is -3.14. The number of nitrogens with zero attached hydrogens (tertiary/aromatic N) is 1. The van der Waals surface area contributed by atoms with Gasteiger partial charge in [-0.2, -0.15) is 0 Å². The van der Waals surface area contributed by atoms with Gasteiger partial charge in [0.15, 0.2) is 9.84 Å². The van der Waals surface area contributed by atoms with E-state index in [0.29, 0.717) is 22.8 Å². The van der Waals surface area contributed by atoms with E-state index in [1.165, 1.54) is 11.8 Å². The Morgan fingerprint density at radius 1 is 1.00 bits per heavy atom. The highest BCUT2D eigenvalue weighted by atomic mass is 32.2. The number of sulfone groups is 1. The van der Waals surface area contributed by atoms with E-state index in [0.717, 1.165) is 58.2 Å². The van der Waals surface area contributed by atoms with Crippen LogP contribution in [0.25, 0.3) is 0 Å². The highest BCUT2D eigenvalue weighted by molar-refractivity contribution is 7.90. The number of benzene rings is 1. The molecule has 0 radical (unpaired) electrons. The Labute approximate surface area is 187 Å². The summed E-state index contributed by atoms with van der Waals surface area (Å²) in [5, 5.41) is 0. The summed E-state index contributed by atoms with van der Waals surface area (Å²) in [5.41, 5.74) is 0.770. The van der Waals surface area contributed by atoms with Gasteiger partial charge in [-0.05, 0) is 88.8 Å². The monoisotopic (exact) mass is 451 g/mol. The van der Waals surface area contributed by atoms with Gasteiger partial charge in [0.2, 0.25) is 0 Å². The molecule has 1 aromatic rings. The van der Waals surface area contributed by atoms with Crippen LogP contribution < -0.4 is 0 Å². The van der Waals surface area contributed by atoms with E-state index in [-0.39, 0.29) is 6.09 Å². The van der Waals surface area contributed by atoms with Crippen molar-refractivity contribution >= 4 is 15.9 Å². The van der Waals surface area contributed by atoms with Gasteiger partial charge in [-0.1, -0.05) is 12.1 Å². The second-order valence-corrected chi connectivity index (χ2v) is 12.1. The van der Waals surface area contributed by atoms with Crippen LogP contribution in [0.15, 0.2) is 29.2 Å². The molecule has 1 amide bonds. The van der Waals surface area contributed by atoms with Crippen molar-refractivity contribution < 1.29 is 22.7 Å². The fraction of sp³-hybridized carbons (Fsp3) is 0.708. The number of hydrogen-bond donors (Lipinski definition) is 0. The van der Waals surface area contributed by atoms with Gasteiger partial charge in [0.1, 0.15) is 5.60 Å². The summed E-state index contributed by atoms with van der Waals surface area (Å²) in [6.45, 7) is 7.92. The highest BCUT2D eigenvalue weighted by Crippen LogP contribution is 2.35. The summed E-state index contributed by atoms with van der Waals surface area (Å²) in [4.78, 5) is 14.4. The molecule has 1 saturated heterocycles. The third kappa shape index (κ3) is 7.21. The number of carbonyl (C=O) groups is 1. The summed E-state index contributed by atoms with van der Waals surface area (Å²) >= 11 is 0. The number of amides is 1. The van der Waals surface area contributed by atoms with Crippen LogP contribution in [-0.2, 0) is 19.3 Å². The van der Waals surface area contributed by atoms with E-state index in [9.17, 15) is 13.2 Å². The first-order valence-corrected chi connectivity index (χ1v) is 13.3. The maximum atomic E-state index is 12.2. The Balaban J connectivity index is 1.37. The molecule has 0 spiro atoms. The van der Waals surface area contributed by atoms with Crippen molar-refractivity contribution in [3.05, 3.63) is 29.8 Å². The average Bonchev–Trinajstić information content (AvgIpc) is 2.71. The lowest BCUT2D eigenvalue weighted by Crippen LogP contribution is -2.42. The number of piperidine rings is 1. The second-order valence-electron chi connectivity index (χ2n) is 10.1. The molecule has 1 aromatic carbocycles. The van der Waals surface area contributed by atoms with E-state index < -0.39 is 15.4 Å². The molecular weight excluding hydrogens is 414 g/mol. The lowest BCUT2D eigenvalue weighted by atomic mass is 9.82. The zero-order valence-corrected chi connectivity index (χ0v) is 20.1. The number of ether oxygens (including phenoxy) is 2. The summed E-state index contributed by atoms with van der Waals surface area (Å²) in [5.74, 6) is 0.977. The molecule has 0 atom stereocenters. The maximum Gasteiger partial charge on any atom is 0.410 e. The number of hydrogen-bond acceptors (Lipinski definition) is 5. The Kier molecular flexibility index (Phi) is 7.68. The Morgan fingerprint density at radius 3 is 2.10 bits per heavy atom. The third-order valence-corrected chi connectivity index (χ3v) is 7.42. The van der Waals surface area contributed by atoms with E-state index in [4.69, 9.17) is 9.47 Å². The Morgan fingerprint density at radius 2 is 1.58 bits per heavy atom. The standard InChI is InChI=1S/C24H37NO5S/c1-24(2,3)30-23(26)25-15-13-18(14-16-25)17-29-21-9-5-19(6-10-21)20-7-11-22(12-8-20)31(4,27)28/h7-8,11-12,18-19,21H,5-6,9-10,13-17H2,1-4H3/t19-,21+. The molecule has 31 heavy (non-hydrogen) atoms. The minimum absolute atomic E-state index is 0.213. The van der Waals surface area contributed by atoms with E-state index >= 15 is 0 Å². The zero-order valence-electron chi connectivity index (χ0n) is 19.3. The molecule has 3 rings (SSSR count). The van der Waals surface area contributed by atoms with Crippen LogP contribution in [0.5, 0.6) is 0 Å². The van der Waals surface area contributed by atoms with E-state index in [1.54, 1.807) is 12.1 Å². The van der Waals surface area contributed by atoms with Crippen LogP contribution in [0.3, 0.4) is 0 Å². The van der Waals surface area contributed by atoms with Gasteiger partial charge >= 0.3 is 6.09 Å². The van der Waals surface area contributed by atoms with Crippen molar-refractivity contribution in [2.24, 2.45) is 5.92 Å². The van der Waals surface area contributed by atoms with Gasteiger partial charge in [0.05, 0.1) is 11.0 Å². The molecule has 174 valence electrons. The van der Waals surface area contributed by atoms with Gasteiger partial charge in [-0.25, -0.2) is 13.2 Å². The smallest absolute Gasteiger partial charge is 0.410 e. The van der Waals surface area contributed by atoms with Crippen molar-refractivity contribution in [1.29, 1.82) is 0 Å². The molecule has 2 aliphatic rings. The average molecular weight is 452 g/mol. The molecule has 1 saturated carbocycles. The van der Waals surface area contributed by atoms with Crippen LogP contribution >= 0.6 is 0 Å². The van der Waals surface area contributed by atoms with Gasteiger partial charge in [0, 0.05) is 26.0 Å². The minimum atomic E-state index is -3.14. The Hall–Kier alpha value is -1.60. The first kappa shape index (κ1) is 24.1. The number of carbonyl (C=O) groups excluding carboxylic acids is 1. The number of rotatable bonds is 5. The van der Waals surface area contributed by atoms with Crippen LogP contribution in [-0.4, -0.2) is 57.1 Å². The predicted octanol–water partition coefficient (Wildman–Crippen LogP) is 4.78. The first-order valence-electron chi connectivity index (χ1n) is 11.4. The first-order chi connectivity index (χ1) is 14.5. The molecule has 6 nitrogen and oxygen atoms in total. The maximum absolute atomic E-state index is 12.2. The fourth-order valence-corrected chi connectivity index (χ4v) is 5.06. The van der Waals surface area contributed by atoms with Crippen LogP contribution in [0, 0.1) is 5.92 Å². The molecule has 0 aromatic heterocycles. The lowest BCUT2D eigenvalue weighted by molar-refractivity contribution is -0.0143. The quantitative estimate of drug-likeness (QED) is 0.644. The van der Waals surface area contributed by atoms with Crippen molar-refractivity contribution in [3.63, 3.8) is 0 Å². The van der Waals surface area contributed by atoms with E-state index in [1.807, 2.05) is 37.8 Å². The van der Waals surface area contributed by atoms with E-state index in [2.05, 4.69) is 0 Å². The lowest BCUT2D eigenvalue weighted by Gasteiger charge is -2.34. The van der Waals surface area contributed by atoms with Crippen molar-refractivity contribution in [2.45, 2.75) is 81.8 Å². The van der Waals surface area contributed by atoms with Crippen LogP contribution in [0.2, 0.25) is 0 Å². The third-order valence-electron chi connectivity index (χ3n) is 6.29. The highest BCUT2D eigenvalue weighted by Gasteiger charge is 2.28. The van der Waals surface area contributed by atoms with Gasteiger partial charge in [0.25, 0.3) is 0 Å². The summed E-state index contributed by atoms with van der Waals surface area (Å²) < 4.78 is 35.0. The van der Waals surface area contributed by atoms with Crippen molar-refractivity contribution in [2.75, 3.05) is 26.0 Å². The van der Waals surface area contributed by atoms with Gasteiger partial charge in [-0.15, -0.1) is 0 Å². The molecule has 0 N–H and O–H groups in total. The predicted molar refractivity (Wildman–Crippen MR) is 121 cm³/mol. The zero-order chi connectivity index (χ0) is 22.6.